The minimum absolute atomic E-state index is 0.925. The zero-order valence-corrected chi connectivity index (χ0v) is 9.85. The van der Waals surface area contributed by atoms with Crippen LogP contribution in [-0.4, -0.2) is 4.57 Å². The van der Waals surface area contributed by atoms with Crippen LogP contribution in [0, 0.1) is 13.0 Å². The molecule has 82 valence electrons. The van der Waals surface area contributed by atoms with E-state index in [0.29, 0.717) is 0 Å². The van der Waals surface area contributed by atoms with Crippen LogP contribution in [0.15, 0.2) is 60.2 Å². The normalized spacial score (nSPS) is 13.8. The van der Waals surface area contributed by atoms with Crippen molar-refractivity contribution in [2.75, 3.05) is 0 Å². The molecule has 0 fully saturated rings. The van der Waals surface area contributed by atoms with E-state index in [1.807, 2.05) is 12.2 Å². The van der Waals surface area contributed by atoms with Gasteiger partial charge in [0.25, 0.3) is 0 Å². The lowest BCUT2D eigenvalue weighted by atomic mass is 10.1. The monoisotopic (exact) mass is 220 g/mol. The Morgan fingerprint density at radius 1 is 1.24 bits per heavy atom. The van der Waals surface area contributed by atoms with Crippen molar-refractivity contribution in [1.29, 1.82) is 0 Å². The second kappa shape index (κ2) is 4.04. The van der Waals surface area contributed by atoms with Crippen molar-refractivity contribution >= 4 is 10.9 Å². The fraction of sp³-hybridized carbons (Fsp3) is 0.125. The van der Waals surface area contributed by atoms with Gasteiger partial charge in [0.2, 0.25) is 0 Å². The van der Waals surface area contributed by atoms with Gasteiger partial charge in [-0.1, -0.05) is 18.2 Å². The van der Waals surface area contributed by atoms with E-state index in [0.717, 1.165) is 6.54 Å². The van der Waals surface area contributed by atoms with E-state index in [1.54, 1.807) is 0 Å². The Labute approximate surface area is 101 Å². The van der Waals surface area contributed by atoms with E-state index < -0.39 is 0 Å². The number of fused-ring (bicyclic) bond motifs is 1. The Bertz CT molecular complexity index is 639. The van der Waals surface area contributed by atoms with Gasteiger partial charge in [-0.25, -0.2) is 0 Å². The molecular weight excluding hydrogens is 206 g/mol. The lowest BCUT2D eigenvalue weighted by Gasteiger charge is -2.06. The third-order valence-electron chi connectivity index (χ3n) is 3.15. The van der Waals surface area contributed by atoms with Crippen LogP contribution in [-0.2, 0) is 6.54 Å². The van der Waals surface area contributed by atoms with Crippen molar-refractivity contribution in [2.24, 2.45) is 0 Å². The predicted molar refractivity (Wildman–Crippen MR) is 71.7 cm³/mol. The van der Waals surface area contributed by atoms with Crippen molar-refractivity contribution in [3.8, 4) is 0 Å². The topological polar surface area (TPSA) is 4.93 Å². The first-order valence-electron chi connectivity index (χ1n) is 5.84. The van der Waals surface area contributed by atoms with Gasteiger partial charge in [-0.15, -0.1) is 0 Å². The molecule has 0 spiro atoms. The molecule has 2 aromatic rings. The number of hydrogen-bond donors (Lipinski definition) is 0. The summed E-state index contributed by atoms with van der Waals surface area (Å²) < 4.78 is 2.35. The predicted octanol–water partition coefficient (Wildman–Crippen LogP) is 3.81. The Morgan fingerprint density at radius 2 is 2.12 bits per heavy atom. The first-order valence-corrected chi connectivity index (χ1v) is 5.84. The summed E-state index contributed by atoms with van der Waals surface area (Å²) in [4.78, 5) is 0. The van der Waals surface area contributed by atoms with E-state index in [2.05, 4.69) is 60.1 Å². The van der Waals surface area contributed by atoms with Crippen LogP contribution in [0.4, 0.5) is 0 Å². The van der Waals surface area contributed by atoms with Gasteiger partial charge in [0.1, 0.15) is 12.2 Å². The van der Waals surface area contributed by atoms with E-state index in [4.69, 9.17) is 0 Å². The first kappa shape index (κ1) is 10.1. The summed E-state index contributed by atoms with van der Waals surface area (Å²) in [6.45, 7) is 3.09. The molecule has 1 aliphatic rings. The summed E-state index contributed by atoms with van der Waals surface area (Å²) in [5.74, 6) is 0. The Hall–Kier alpha value is -2.11. The van der Waals surface area contributed by atoms with Gasteiger partial charge < -0.3 is 4.57 Å². The lowest BCUT2D eigenvalue weighted by Crippen LogP contribution is -2.02. The maximum absolute atomic E-state index is 3.05. The Morgan fingerprint density at radius 3 is 2.94 bits per heavy atom. The standard InChI is InChI=1S/C16H14N/c1-13-11-15-9-5-6-10-16(15)17(13)12-14-7-3-2-4-8-14/h3-11H,12H2,1H3/q+1. The number of nitrogens with zero attached hydrogens (tertiary/aromatic N) is 1. The van der Waals surface area contributed by atoms with E-state index in [9.17, 15) is 0 Å². The molecule has 1 aromatic heterocycles. The highest BCUT2D eigenvalue weighted by Gasteiger charge is 2.09. The summed E-state index contributed by atoms with van der Waals surface area (Å²) in [6, 6.07) is 10.8. The molecule has 0 radical (unpaired) electrons. The number of hydrogen-bond acceptors (Lipinski definition) is 0. The molecule has 0 bridgehead atoms. The first-order chi connectivity index (χ1) is 8.34. The van der Waals surface area contributed by atoms with Crippen molar-refractivity contribution < 1.29 is 0 Å². The second-order valence-corrected chi connectivity index (χ2v) is 4.34. The third-order valence-corrected chi connectivity index (χ3v) is 3.15. The molecule has 0 saturated carbocycles. The van der Waals surface area contributed by atoms with E-state index in [1.165, 1.54) is 22.2 Å². The number of rotatable bonds is 2. The van der Waals surface area contributed by atoms with Gasteiger partial charge in [0.15, 0.2) is 0 Å². The molecule has 1 heterocycles. The van der Waals surface area contributed by atoms with E-state index >= 15 is 0 Å². The fourth-order valence-corrected chi connectivity index (χ4v) is 2.27. The smallest absolute Gasteiger partial charge is 0.103 e. The Kier molecular flexibility index (Phi) is 2.40. The SMILES string of the molecule is Cc1cc2ccccc2n1CC1=CC=[C+]C=C1. The van der Waals surface area contributed by atoms with Crippen LogP contribution in [0.25, 0.3) is 10.9 Å². The van der Waals surface area contributed by atoms with Crippen LogP contribution < -0.4 is 0 Å². The van der Waals surface area contributed by atoms with E-state index in [-0.39, 0.29) is 0 Å². The molecule has 1 heteroatoms. The third kappa shape index (κ3) is 1.82. The van der Waals surface area contributed by atoms with Gasteiger partial charge in [0, 0.05) is 17.3 Å². The highest BCUT2D eigenvalue weighted by molar-refractivity contribution is 5.81. The largest absolute Gasteiger partial charge is 0.338 e. The number of para-hydroxylation sites is 1. The molecule has 0 unspecified atom stereocenters. The second-order valence-electron chi connectivity index (χ2n) is 4.34. The van der Waals surface area contributed by atoms with Crippen molar-refractivity contribution in [3.63, 3.8) is 0 Å². The summed E-state index contributed by atoms with van der Waals surface area (Å²) in [7, 11) is 0. The van der Waals surface area contributed by atoms with Gasteiger partial charge in [-0.05, 0) is 24.4 Å². The molecule has 17 heavy (non-hydrogen) atoms. The van der Waals surface area contributed by atoms with Crippen molar-refractivity contribution in [1.82, 2.24) is 4.57 Å². The maximum Gasteiger partial charge on any atom is 0.103 e. The van der Waals surface area contributed by atoms with Crippen LogP contribution in [0.3, 0.4) is 0 Å². The summed E-state index contributed by atoms with van der Waals surface area (Å²) in [6.07, 6.45) is 11.2. The molecule has 1 nitrogen and oxygen atoms in total. The van der Waals surface area contributed by atoms with Crippen LogP contribution in [0.1, 0.15) is 5.69 Å². The lowest BCUT2D eigenvalue weighted by molar-refractivity contribution is 0.803. The molecule has 3 rings (SSSR count). The van der Waals surface area contributed by atoms with Gasteiger partial charge in [0.05, 0.1) is 24.3 Å². The fourth-order valence-electron chi connectivity index (χ4n) is 2.27. The average Bonchev–Trinajstić information content (AvgIpc) is 2.68. The quantitative estimate of drug-likeness (QED) is 0.678. The summed E-state index contributed by atoms with van der Waals surface area (Å²) in [5, 5.41) is 1.31. The number of aryl methyl sites for hydroxylation is 1. The molecule has 0 aliphatic heterocycles. The van der Waals surface area contributed by atoms with Gasteiger partial charge in [-0.2, -0.15) is 0 Å². The summed E-state index contributed by atoms with van der Waals surface area (Å²) in [5.41, 5.74) is 3.92. The van der Waals surface area contributed by atoms with Crippen LogP contribution >= 0.6 is 0 Å². The number of aromatic nitrogens is 1. The average molecular weight is 220 g/mol. The minimum atomic E-state index is 0.925. The number of benzene rings is 1. The zero-order chi connectivity index (χ0) is 11.7. The molecule has 0 amide bonds. The highest BCUT2D eigenvalue weighted by atomic mass is 15.0. The highest BCUT2D eigenvalue weighted by Crippen LogP contribution is 2.21. The molecule has 0 atom stereocenters. The molecule has 1 aromatic carbocycles. The van der Waals surface area contributed by atoms with Gasteiger partial charge >= 0.3 is 0 Å². The molecular formula is C16H14N+. The number of allylic oxidation sites excluding steroid dienone is 6. The molecule has 1 aliphatic carbocycles. The van der Waals surface area contributed by atoms with Crippen molar-refractivity contribution in [3.05, 3.63) is 72.0 Å². The van der Waals surface area contributed by atoms with Crippen LogP contribution in [0.2, 0.25) is 0 Å². The molecule has 0 saturated heterocycles. The summed E-state index contributed by atoms with van der Waals surface area (Å²) >= 11 is 0. The zero-order valence-electron chi connectivity index (χ0n) is 9.85. The Balaban J connectivity index is 2.05. The van der Waals surface area contributed by atoms with Crippen molar-refractivity contribution in [2.45, 2.75) is 13.5 Å². The van der Waals surface area contributed by atoms with Crippen LogP contribution in [0.5, 0.6) is 0 Å². The maximum atomic E-state index is 3.05. The minimum Gasteiger partial charge on any atom is -0.338 e. The molecule has 0 N–H and O–H groups in total. The van der Waals surface area contributed by atoms with Gasteiger partial charge in [-0.3, -0.25) is 0 Å².